The van der Waals surface area contributed by atoms with Gasteiger partial charge in [0.2, 0.25) is 5.69 Å². The second kappa shape index (κ2) is 9.84. The summed E-state index contributed by atoms with van der Waals surface area (Å²) in [6.07, 6.45) is 0. The Morgan fingerprint density at radius 1 is 0.914 bits per heavy atom. The molecule has 0 aliphatic rings. The van der Waals surface area contributed by atoms with Crippen LogP contribution in [0.3, 0.4) is 0 Å². The fourth-order valence-electron chi connectivity index (χ4n) is 3.42. The van der Waals surface area contributed by atoms with E-state index in [-0.39, 0.29) is 18.8 Å². The molecule has 0 aliphatic carbocycles. The van der Waals surface area contributed by atoms with E-state index in [0.717, 1.165) is 20.9 Å². The average molecular weight is 476 g/mol. The third-order valence-corrected chi connectivity index (χ3v) is 5.50. The molecule has 0 spiro atoms. The van der Waals surface area contributed by atoms with Crippen molar-refractivity contribution >= 4 is 5.91 Å². The lowest BCUT2D eigenvalue weighted by atomic mass is 10.1. The van der Waals surface area contributed by atoms with Gasteiger partial charge < -0.3 is 5.32 Å². The first-order valence-electron chi connectivity index (χ1n) is 10.8. The molecule has 4 aromatic rings. The van der Waals surface area contributed by atoms with Crippen LogP contribution in [-0.2, 0) is 13.1 Å². The molecule has 1 N–H and O–H groups in total. The lowest BCUT2D eigenvalue weighted by molar-refractivity contribution is 0.0941. The monoisotopic (exact) mass is 476 g/mol. The number of aryl methyl sites for hydroxylation is 2. The van der Waals surface area contributed by atoms with Gasteiger partial charge in [0.15, 0.2) is 0 Å². The minimum absolute atomic E-state index is 0.0104. The quantitative estimate of drug-likeness (QED) is 0.463. The molecule has 35 heavy (non-hydrogen) atoms. The van der Waals surface area contributed by atoms with Gasteiger partial charge in [0, 0.05) is 12.6 Å². The number of nitrogens with zero attached hydrogens (tertiary/aromatic N) is 3. The number of amides is 1. The summed E-state index contributed by atoms with van der Waals surface area (Å²) in [4.78, 5) is 39.3. The van der Waals surface area contributed by atoms with Crippen molar-refractivity contribution in [2.24, 2.45) is 0 Å². The lowest BCUT2D eigenvalue weighted by Gasteiger charge is -2.13. The first-order chi connectivity index (χ1) is 16.7. The Morgan fingerprint density at radius 2 is 1.57 bits per heavy atom. The minimum Gasteiger partial charge on any atom is -0.346 e. The lowest BCUT2D eigenvalue weighted by Crippen LogP contribution is -2.46. The second-order valence-electron chi connectivity index (χ2n) is 8.16. The van der Waals surface area contributed by atoms with Crippen LogP contribution in [0, 0.1) is 25.5 Å². The predicted octanol–water partition coefficient (Wildman–Crippen LogP) is 3.27. The molecule has 0 atom stereocenters. The number of carbonyl (C=O) groups is 1. The molecule has 0 unspecified atom stereocenters. The van der Waals surface area contributed by atoms with Crippen LogP contribution in [0.2, 0.25) is 0 Å². The third kappa shape index (κ3) is 5.24. The Balaban J connectivity index is 1.78. The number of benzene rings is 3. The Morgan fingerprint density at radius 3 is 2.23 bits per heavy atom. The molecule has 0 saturated heterocycles. The number of rotatable bonds is 6. The van der Waals surface area contributed by atoms with Gasteiger partial charge in [-0.05, 0) is 48.7 Å². The molecule has 0 bridgehead atoms. The van der Waals surface area contributed by atoms with Crippen LogP contribution in [0.4, 0.5) is 8.78 Å². The van der Waals surface area contributed by atoms with Crippen LogP contribution < -0.4 is 16.6 Å². The van der Waals surface area contributed by atoms with Crippen LogP contribution >= 0.6 is 0 Å². The van der Waals surface area contributed by atoms with Crippen molar-refractivity contribution in [2.45, 2.75) is 26.9 Å². The van der Waals surface area contributed by atoms with E-state index in [4.69, 9.17) is 0 Å². The highest BCUT2D eigenvalue weighted by Gasteiger charge is 2.21. The van der Waals surface area contributed by atoms with Crippen molar-refractivity contribution < 1.29 is 13.6 Å². The van der Waals surface area contributed by atoms with Crippen molar-refractivity contribution in [2.75, 3.05) is 0 Å². The minimum atomic E-state index is -0.879. The van der Waals surface area contributed by atoms with E-state index >= 15 is 0 Å². The van der Waals surface area contributed by atoms with Gasteiger partial charge in [0.25, 0.3) is 11.5 Å². The zero-order valence-corrected chi connectivity index (χ0v) is 19.1. The first kappa shape index (κ1) is 23.7. The van der Waals surface area contributed by atoms with E-state index in [0.29, 0.717) is 16.7 Å². The Bertz CT molecular complexity index is 1510. The highest BCUT2D eigenvalue weighted by atomic mass is 19.1. The zero-order valence-electron chi connectivity index (χ0n) is 19.1. The Hall–Kier alpha value is -4.40. The van der Waals surface area contributed by atoms with Gasteiger partial charge in [-0.3, -0.25) is 14.2 Å². The van der Waals surface area contributed by atoms with E-state index in [2.05, 4.69) is 10.4 Å². The zero-order chi connectivity index (χ0) is 25.1. The van der Waals surface area contributed by atoms with Gasteiger partial charge in [-0.25, -0.2) is 13.6 Å². The van der Waals surface area contributed by atoms with Gasteiger partial charge in [-0.2, -0.15) is 9.78 Å². The second-order valence-corrected chi connectivity index (χ2v) is 8.16. The van der Waals surface area contributed by atoms with Gasteiger partial charge in [-0.15, -0.1) is 0 Å². The Kier molecular flexibility index (Phi) is 6.68. The van der Waals surface area contributed by atoms with Crippen LogP contribution in [0.5, 0.6) is 0 Å². The van der Waals surface area contributed by atoms with Crippen LogP contribution in [0.25, 0.3) is 5.69 Å². The molecule has 0 radical (unpaired) electrons. The molecule has 1 heterocycles. The summed E-state index contributed by atoms with van der Waals surface area (Å²) in [6.45, 7) is 3.39. The standard InChI is InChI=1S/C26H22F2N4O3/c1-16-3-6-19(7-4-16)15-31-25(34)23(24(33)29-14-18-8-10-20(27)11-9-18)30-32(26(31)35)21-12-5-17(2)22(28)13-21/h3-13H,14-15H2,1-2H3,(H,29,33). The summed E-state index contributed by atoms with van der Waals surface area (Å²) in [5, 5.41) is 6.55. The van der Waals surface area contributed by atoms with Gasteiger partial charge in [0.05, 0.1) is 12.2 Å². The summed E-state index contributed by atoms with van der Waals surface area (Å²) < 4.78 is 29.1. The summed E-state index contributed by atoms with van der Waals surface area (Å²) in [6, 6.07) is 16.8. The van der Waals surface area contributed by atoms with E-state index in [1.807, 2.05) is 19.1 Å². The summed E-state index contributed by atoms with van der Waals surface area (Å²) >= 11 is 0. The molecule has 1 amide bonds. The topological polar surface area (TPSA) is 86.0 Å². The molecule has 4 rings (SSSR count). The molecule has 0 fully saturated rings. The highest BCUT2D eigenvalue weighted by molar-refractivity contribution is 5.91. The predicted molar refractivity (Wildman–Crippen MR) is 127 cm³/mol. The third-order valence-electron chi connectivity index (χ3n) is 5.50. The van der Waals surface area contributed by atoms with Crippen LogP contribution in [-0.4, -0.2) is 20.3 Å². The van der Waals surface area contributed by atoms with Crippen molar-refractivity contribution in [3.63, 3.8) is 0 Å². The summed E-state index contributed by atoms with van der Waals surface area (Å²) in [5.74, 6) is -1.80. The molecular weight excluding hydrogens is 454 g/mol. The SMILES string of the molecule is Cc1ccc(Cn2c(=O)c(C(=O)NCc3ccc(F)cc3)nn(-c3ccc(C)c(F)c3)c2=O)cc1. The molecule has 0 aliphatic heterocycles. The first-order valence-corrected chi connectivity index (χ1v) is 10.8. The number of nitrogens with one attached hydrogen (secondary N) is 1. The van der Waals surface area contributed by atoms with Gasteiger partial charge in [0.1, 0.15) is 11.6 Å². The number of carbonyl (C=O) groups excluding carboxylic acids is 1. The molecule has 1 aromatic heterocycles. The van der Waals surface area contributed by atoms with E-state index < -0.39 is 34.5 Å². The van der Waals surface area contributed by atoms with E-state index in [9.17, 15) is 23.2 Å². The highest BCUT2D eigenvalue weighted by Crippen LogP contribution is 2.11. The number of aromatic nitrogens is 3. The molecule has 7 nitrogen and oxygen atoms in total. The van der Waals surface area contributed by atoms with Crippen molar-refractivity contribution in [3.8, 4) is 5.69 Å². The average Bonchev–Trinajstić information content (AvgIpc) is 2.84. The molecule has 178 valence electrons. The van der Waals surface area contributed by atoms with Gasteiger partial charge in [-0.1, -0.05) is 48.0 Å². The largest absolute Gasteiger partial charge is 0.352 e. The summed E-state index contributed by atoms with van der Waals surface area (Å²) in [5.41, 5.74) is 0.498. The van der Waals surface area contributed by atoms with Crippen molar-refractivity contribution in [3.05, 3.63) is 127 Å². The fourth-order valence-corrected chi connectivity index (χ4v) is 3.42. The smallest absolute Gasteiger partial charge is 0.346 e. The van der Waals surface area contributed by atoms with Crippen molar-refractivity contribution in [1.29, 1.82) is 0 Å². The normalized spacial score (nSPS) is 10.9. The van der Waals surface area contributed by atoms with E-state index in [1.54, 1.807) is 19.1 Å². The van der Waals surface area contributed by atoms with Crippen LogP contribution in [0.1, 0.15) is 32.7 Å². The summed E-state index contributed by atoms with van der Waals surface area (Å²) in [7, 11) is 0. The molecule has 0 saturated carbocycles. The fraction of sp³-hybridized carbons (Fsp3) is 0.154. The molecule has 3 aromatic carbocycles. The maximum absolute atomic E-state index is 14.2. The molecular formula is C26H22F2N4O3. The Labute approximate surface area is 199 Å². The maximum atomic E-state index is 14.2. The van der Waals surface area contributed by atoms with Gasteiger partial charge >= 0.3 is 5.69 Å². The van der Waals surface area contributed by atoms with Crippen molar-refractivity contribution in [1.82, 2.24) is 19.7 Å². The number of halogens is 2. The maximum Gasteiger partial charge on any atom is 0.352 e. The number of hydrogen-bond donors (Lipinski definition) is 1. The van der Waals surface area contributed by atoms with E-state index in [1.165, 1.54) is 36.4 Å². The van der Waals surface area contributed by atoms with Crippen LogP contribution in [0.15, 0.2) is 76.3 Å². The molecule has 9 heteroatoms. The number of hydrogen-bond acceptors (Lipinski definition) is 4.